The van der Waals surface area contributed by atoms with Gasteiger partial charge in [0.1, 0.15) is 16.7 Å². The largest absolute Gasteiger partial charge is 0.383 e. The van der Waals surface area contributed by atoms with Crippen molar-refractivity contribution < 1.29 is 4.39 Å². The zero-order valence-corrected chi connectivity index (χ0v) is 11.2. The molecule has 5 heteroatoms. The van der Waals surface area contributed by atoms with Gasteiger partial charge in [-0.15, -0.1) is 11.8 Å². The lowest BCUT2D eigenvalue weighted by Crippen LogP contribution is -1.92. The lowest BCUT2D eigenvalue weighted by molar-refractivity contribution is 0.627. The molecule has 0 bridgehead atoms. The van der Waals surface area contributed by atoms with E-state index >= 15 is 0 Å². The van der Waals surface area contributed by atoms with Crippen LogP contribution >= 0.6 is 27.7 Å². The summed E-state index contributed by atoms with van der Waals surface area (Å²) < 4.78 is 13.6. The summed E-state index contributed by atoms with van der Waals surface area (Å²) >= 11 is 4.93. The number of nitrogens with two attached hydrogens (primary N) is 1. The van der Waals surface area contributed by atoms with Gasteiger partial charge in [-0.2, -0.15) is 0 Å². The van der Waals surface area contributed by atoms with Crippen molar-refractivity contribution in [2.45, 2.75) is 10.8 Å². The summed E-state index contributed by atoms with van der Waals surface area (Å²) in [7, 11) is 0. The van der Waals surface area contributed by atoms with Crippen molar-refractivity contribution in [1.82, 2.24) is 4.98 Å². The van der Waals surface area contributed by atoms with E-state index in [1.54, 1.807) is 18.2 Å². The first kappa shape index (κ1) is 12.4. The van der Waals surface area contributed by atoms with Gasteiger partial charge in [0, 0.05) is 11.8 Å². The maximum absolute atomic E-state index is 12.7. The van der Waals surface area contributed by atoms with Gasteiger partial charge in [-0.25, -0.2) is 9.37 Å². The molecule has 0 saturated carbocycles. The monoisotopic (exact) mass is 311 g/mol. The van der Waals surface area contributed by atoms with Crippen LogP contribution in [0.25, 0.3) is 0 Å². The van der Waals surface area contributed by atoms with E-state index < -0.39 is 0 Å². The number of anilines is 1. The molecule has 87 valence electrons. The van der Waals surface area contributed by atoms with Gasteiger partial charge in [0.05, 0.1) is 4.47 Å². The van der Waals surface area contributed by atoms with E-state index in [1.165, 1.54) is 23.9 Å². The lowest BCUT2D eigenvalue weighted by atomic mass is 10.2. The Labute approximate surface area is 112 Å². The van der Waals surface area contributed by atoms with Crippen molar-refractivity contribution in [3.63, 3.8) is 0 Å². The molecule has 0 aliphatic heterocycles. The minimum absolute atomic E-state index is 0.225. The van der Waals surface area contributed by atoms with E-state index in [1.807, 2.05) is 0 Å². The lowest BCUT2D eigenvalue weighted by Gasteiger charge is -2.04. The van der Waals surface area contributed by atoms with Crippen LogP contribution in [0.1, 0.15) is 5.56 Å². The van der Waals surface area contributed by atoms with Gasteiger partial charge in [0.2, 0.25) is 0 Å². The average molecular weight is 312 g/mol. The first-order chi connectivity index (χ1) is 8.15. The first-order valence-electron chi connectivity index (χ1n) is 4.86. The summed E-state index contributed by atoms with van der Waals surface area (Å²) in [6.45, 7) is 0. The van der Waals surface area contributed by atoms with Gasteiger partial charge < -0.3 is 5.73 Å². The predicted octanol–water partition coefficient (Wildman–Crippen LogP) is 3.66. The van der Waals surface area contributed by atoms with Crippen LogP contribution in [-0.2, 0) is 5.75 Å². The summed E-state index contributed by atoms with van der Waals surface area (Å²) in [6, 6.07) is 11.0. The Balaban J connectivity index is 2.07. The zero-order valence-electron chi connectivity index (χ0n) is 8.78. The minimum atomic E-state index is -0.225. The number of rotatable bonds is 3. The average Bonchev–Trinajstić information content (AvgIpc) is 2.32. The molecule has 0 spiro atoms. The Morgan fingerprint density at radius 3 is 2.76 bits per heavy atom. The molecule has 1 aromatic carbocycles. The molecule has 0 atom stereocenters. The van der Waals surface area contributed by atoms with Crippen molar-refractivity contribution in [1.29, 1.82) is 0 Å². The fourth-order valence-electron chi connectivity index (χ4n) is 1.23. The van der Waals surface area contributed by atoms with Gasteiger partial charge in [0.25, 0.3) is 0 Å². The number of halogens is 2. The van der Waals surface area contributed by atoms with E-state index in [-0.39, 0.29) is 5.82 Å². The van der Waals surface area contributed by atoms with E-state index in [0.29, 0.717) is 5.82 Å². The standard InChI is InChI=1S/C12H9BrFN2S/c13-10-5-6-11(15)16-12(10)17-7-8-1-3-9(14)4-2-8/h1-5H,7H2,(H2,15,16). The Morgan fingerprint density at radius 2 is 2.06 bits per heavy atom. The fraction of sp³-hybridized carbons (Fsp3) is 0.0833. The van der Waals surface area contributed by atoms with E-state index in [2.05, 4.69) is 27.0 Å². The third-order valence-electron chi connectivity index (χ3n) is 2.06. The second-order valence-corrected chi connectivity index (χ2v) is 5.17. The molecule has 2 N–H and O–H groups in total. The van der Waals surface area contributed by atoms with E-state index in [4.69, 9.17) is 5.73 Å². The first-order valence-corrected chi connectivity index (χ1v) is 6.64. The molecule has 1 heterocycles. The molecule has 0 unspecified atom stereocenters. The highest BCUT2D eigenvalue weighted by molar-refractivity contribution is 9.10. The molecule has 0 aliphatic carbocycles. The maximum Gasteiger partial charge on any atom is 0.132 e. The second-order valence-electron chi connectivity index (χ2n) is 3.35. The van der Waals surface area contributed by atoms with Crippen LogP contribution in [0.2, 0.25) is 0 Å². The van der Waals surface area contributed by atoms with Crippen molar-refractivity contribution in [3.05, 3.63) is 52.3 Å². The summed E-state index contributed by atoms with van der Waals surface area (Å²) in [6.07, 6.45) is 0. The summed E-state index contributed by atoms with van der Waals surface area (Å²) in [5.74, 6) is 0.862. The predicted molar refractivity (Wildman–Crippen MR) is 71.1 cm³/mol. The van der Waals surface area contributed by atoms with Gasteiger partial charge in [-0.1, -0.05) is 12.1 Å². The van der Waals surface area contributed by atoms with Crippen molar-refractivity contribution in [2.24, 2.45) is 0 Å². The van der Waals surface area contributed by atoms with E-state index in [0.717, 1.165) is 20.8 Å². The van der Waals surface area contributed by atoms with Crippen LogP contribution < -0.4 is 5.73 Å². The van der Waals surface area contributed by atoms with Crippen LogP contribution in [0.5, 0.6) is 0 Å². The van der Waals surface area contributed by atoms with E-state index in [9.17, 15) is 4.39 Å². The molecule has 17 heavy (non-hydrogen) atoms. The minimum Gasteiger partial charge on any atom is -0.383 e. The van der Waals surface area contributed by atoms with Gasteiger partial charge in [-0.3, -0.25) is 0 Å². The van der Waals surface area contributed by atoms with Crippen molar-refractivity contribution in [2.75, 3.05) is 5.73 Å². The number of pyridine rings is 1. The number of nitrogens with zero attached hydrogens (tertiary/aromatic N) is 1. The highest BCUT2D eigenvalue weighted by Gasteiger charge is 2.04. The van der Waals surface area contributed by atoms with Crippen LogP contribution in [0.4, 0.5) is 10.2 Å². The van der Waals surface area contributed by atoms with Gasteiger partial charge >= 0.3 is 0 Å². The molecule has 0 saturated heterocycles. The number of hydrogen-bond donors (Lipinski definition) is 1. The number of hydrogen-bond acceptors (Lipinski definition) is 3. The fourth-order valence-corrected chi connectivity index (χ4v) is 2.63. The Kier molecular flexibility index (Phi) is 4.02. The van der Waals surface area contributed by atoms with Crippen LogP contribution in [0, 0.1) is 11.9 Å². The number of thioether (sulfide) groups is 1. The Morgan fingerprint density at radius 1 is 1.35 bits per heavy atom. The third kappa shape index (κ3) is 3.44. The number of aromatic nitrogens is 1. The Bertz CT molecular complexity index is 516. The Hall–Kier alpha value is -1.07. The maximum atomic E-state index is 12.7. The number of benzene rings is 1. The highest BCUT2D eigenvalue weighted by Crippen LogP contribution is 2.28. The molecule has 2 aromatic rings. The second kappa shape index (κ2) is 5.51. The van der Waals surface area contributed by atoms with Gasteiger partial charge in [-0.05, 0) is 39.7 Å². The highest BCUT2D eigenvalue weighted by atomic mass is 79.9. The molecule has 0 fully saturated rings. The molecular formula is C12H9BrFN2S. The SMILES string of the molecule is Nc1[c]cc(Br)c(SCc2ccc(F)cc2)n1. The van der Waals surface area contributed by atoms with Gasteiger partial charge in [0.15, 0.2) is 0 Å². The normalized spacial score (nSPS) is 10.5. The molecule has 0 aliphatic rings. The van der Waals surface area contributed by atoms with Crippen LogP contribution in [0.15, 0.2) is 39.8 Å². The zero-order chi connectivity index (χ0) is 12.3. The third-order valence-corrected chi connectivity index (χ3v) is 3.99. The summed E-state index contributed by atoms with van der Waals surface area (Å²) in [4.78, 5) is 4.17. The number of nitrogen functional groups attached to an aromatic ring is 1. The molecule has 1 radical (unpaired) electrons. The topological polar surface area (TPSA) is 38.9 Å². The smallest absolute Gasteiger partial charge is 0.132 e. The summed E-state index contributed by atoms with van der Waals surface area (Å²) in [5.41, 5.74) is 6.60. The van der Waals surface area contributed by atoms with Crippen LogP contribution in [0.3, 0.4) is 0 Å². The van der Waals surface area contributed by atoms with Crippen molar-refractivity contribution in [3.8, 4) is 0 Å². The summed E-state index contributed by atoms with van der Waals surface area (Å²) in [5, 5.41) is 0.811. The molecular weight excluding hydrogens is 303 g/mol. The quantitative estimate of drug-likeness (QED) is 0.879. The molecule has 2 nitrogen and oxygen atoms in total. The molecule has 1 aromatic heterocycles. The van der Waals surface area contributed by atoms with Crippen LogP contribution in [-0.4, -0.2) is 4.98 Å². The van der Waals surface area contributed by atoms with Crippen molar-refractivity contribution >= 4 is 33.5 Å². The molecule has 0 amide bonds. The molecule has 2 rings (SSSR count).